The van der Waals surface area contributed by atoms with Gasteiger partial charge in [0.2, 0.25) is 5.91 Å². The van der Waals surface area contributed by atoms with Crippen molar-refractivity contribution in [3.63, 3.8) is 0 Å². The maximum atomic E-state index is 12.3. The molecule has 0 aliphatic carbocycles. The van der Waals surface area contributed by atoms with Crippen LogP contribution in [0.4, 0.5) is 5.69 Å². The zero-order chi connectivity index (χ0) is 15.2. The smallest absolute Gasteiger partial charge is 0.237 e. The zero-order valence-corrected chi connectivity index (χ0v) is 12.8. The van der Waals surface area contributed by atoms with E-state index < -0.39 is 5.41 Å². The molecular weight excluding hydrogens is 272 g/mol. The number of hydrogen-bond donors (Lipinski definition) is 3. The van der Waals surface area contributed by atoms with E-state index in [-0.39, 0.29) is 17.5 Å². The van der Waals surface area contributed by atoms with Gasteiger partial charge in [-0.05, 0) is 43.9 Å². The molecule has 0 fully saturated rings. The SMILES string of the molecule is CCC(C)(C(=O)Nc1cccc(CCCO)c1)C(N)=S. The molecule has 0 saturated heterocycles. The summed E-state index contributed by atoms with van der Waals surface area (Å²) in [6.45, 7) is 3.79. The second-order valence-corrected chi connectivity index (χ2v) is 5.47. The number of rotatable bonds is 7. The van der Waals surface area contributed by atoms with Crippen LogP contribution in [0.1, 0.15) is 32.3 Å². The van der Waals surface area contributed by atoms with Crippen LogP contribution < -0.4 is 11.1 Å². The van der Waals surface area contributed by atoms with Gasteiger partial charge in [-0.1, -0.05) is 31.3 Å². The van der Waals surface area contributed by atoms with E-state index in [4.69, 9.17) is 23.1 Å². The molecule has 1 aromatic carbocycles. The molecule has 0 aliphatic heterocycles. The van der Waals surface area contributed by atoms with Crippen LogP contribution in [0, 0.1) is 5.41 Å². The Morgan fingerprint density at radius 1 is 1.50 bits per heavy atom. The first-order valence-corrected chi connectivity index (χ1v) is 7.16. The van der Waals surface area contributed by atoms with Crippen LogP contribution in [0.2, 0.25) is 0 Å². The van der Waals surface area contributed by atoms with Gasteiger partial charge in [-0.2, -0.15) is 0 Å². The van der Waals surface area contributed by atoms with Crippen molar-refractivity contribution in [3.05, 3.63) is 29.8 Å². The highest BCUT2D eigenvalue weighted by atomic mass is 32.1. The lowest BCUT2D eigenvalue weighted by atomic mass is 9.86. The Morgan fingerprint density at radius 3 is 2.75 bits per heavy atom. The summed E-state index contributed by atoms with van der Waals surface area (Å²) >= 11 is 4.99. The van der Waals surface area contributed by atoms with Crippen molar-refractivity contribution in [2.24, 2.45) is 11.1 Å². The number of anilines is 1. The fourth-order valence-electron chi connectivity index (χ4n) is 1.80. The van der Waals surface area contributed by atoms with E-state index in [0.29, 0.717) is 12.8 Å². The fourth-order valence-corrected chi connectivity index (χ4v) is 2.04. The van der Waals surface area contributed by atoms with Gasteiger partial charge >= 0.3 is 0 Å². The van der Waals surface area contributed by atoms with Crippen molar-refractivity contribution < 1.29 is 9.90 Å². The van der Waals surface area contributed by atoms with Crippen LogP contribution in [0.5, 0.6) is 0 Å². The molecule has 5 heteroatoms. The van der Waals surface area contributed by atoms with Gasteiger partial charge in [-0.25, -0.2) is 0 Å². The molecule has 1 amide bonds. The minimum absolute atomic E-state index is 0.159. The molecule has 1 rings (SSSR count). The lowest BCUT2D eigenvalue weighted by Gasteiger charge is -2.25. The summed E-state index contributed by atoms with van der Waals surface area (Å²) in [4.78, 5) is 12.5. The topological polar surface area (TPSA) is 75.3 Å². The molecule has 0 spiro atoms. The number of aryl methyl sites for hydroxylation is 1. The Kier molecular flexibility index (Phi) is 6.10. The number of amides is 1. The van der Waals surface area contributed by atoms with E-state index in [2.05, 4.69) is 5.32 Å². The van der Waals surface area contributed by atoms with Crippen LogP contribution in [0.3, 0.4) is 0 Å². The molecule has 0 bridgehead atoms. The summed E-state index contributed by atoms with van der Waals surface area (Å²) in [5.41, 5.74) is 6.64. The quantitative estimate of drug-likeness (QED) is 0.674. The maximum Gasteiger partial charge on any atom is 0.237 e. The number of hydrogen-bond acceptors (Lipinski definition) is 3. The van der Waals surface area contributed by atoms with Crippen molar-refractivity contribution in [3.8, 4) is 0 Å². The standard InChI is InChI=1S/C15H22N2O2S/c1-3-15(2,13(16)20)14(19)17-12-8-4-6-11(10-12)7-5-9-18/h4,6,8,10,18H,3,5,7,9H2,1-2H3,(H2,16,20)(H,17,19). The first-order valence-electron chi connectivity index (χ1n) is 6.75. The Labute approximate surface area is 125 Å². The summed E-state index contributed by atoms with van der Waals surface area (Å²) in [5.74, 6) is -0.188. The number of nitrogens with two attached hydrogens (primary N) is 1. The van der Waals surface area contributed by atoms with Crippen LogP contribution in [-0.4, -0.2) is 22.6 Å². The number of thiocarbonyl (C=S) groups is 1. The average molecular weight is 294 g/mol. The van der Waals surface area contributed by atoms with Crippen LogP contribution in [-0.2, 0) is 11.2 Å². The van der Waals surface area contributed by atoms with Crippen molar-refractivity contribution in [2.45, 2.75) is 33.1 Å². The maximum absolute atomic E-state index is 12.3. The molecule has 1 unspecified atom stereocenters. The number of aliphatic hydroxyl groups is 1. The zero-order valence-electron chi connectivity index (χ0n) is 12.0. The molecule has 0 aromatic heterocycles. The predicted octanol–water partition coefficient (Wildman–Crippen LogP) is 2.25. The molecule has 0 saturated carbocycles. The molecule has 4 N–H and O–H groups in total. The molecule has 0 radical (unpaired) electrons. The minimum Gasteiger partial charge on any atom is -0.396 e. The molecule has 0 aliphatic rings. The van der Waals surface area contributed by atoms with E-state index in [1.807, 2.05) is 31.2 Å². The van der Waals surface area contributed by atoms with Gasteiger partial charge in [0.05, 0.1) is 10.4 Å². The molecular formula is C15H22N2O2S. The van der Waals surface area contributed by atoms with Gasteiger partial charge < -0.3 is 16.2 Å². The number of benzene rings is 1. The minimum atomic E-state index is -0.837. The molecule has 110 valence electrons. The Bertz CT molecular complexity index is 491. The Hall–Kier alpha value is -1.46. The van der Waals surface area contributed by atoms with Crippen LogP contribution in [0.25, 0.3) is 0 Å². The molecule has 20 heavy (non-hydrogen) atoms. The van der Waals surface area contributed by atoms with Crippen LogP contribution in [0.15, 0.2) is 24.3 Å². The van der Waals surface area contributed by atoms with E-state index in [1.54, 1.807) is 6.92 Å². The fraction of sp³-hybridized carbons (Fsp3) is 0.467. The van der Waals surface area contributed by atoms with Gasteiger partial charge in [-0.15, -0.1) is 0 Å². The first kappa shape index (κ1) is 16.6. The largest absolute Gasteiger partial charge is 0.396 e. The van der Waals surface area contributed by atoms with E-state index in [1.165, 1.54) is 0 Å². The van der Waals surface area contributed by atoms with Gasteiger partial charge in [0, 0.05) is 12.3 Å². The second kappa shape index (κ2) is 7.36. The highest BCUT2D eigenvalue weighted by molar-refractivity contribution is 7.80. The summed E-state index contributed by atoms with van der Waals surface area (Å²) in [6.07, 6.45) is 2.04. The van der Waals surface area contributed by atoms with E-state index in [9.17, 15) is 4.79 Å². The summed E-state index contributed by atoms with van der Waals surface area (Å²) in [5, 5.41) is 11.7. The first-order chi connectivity index (χ1) is 9.43. The van der Waals surface area contributed by atoms with Gasteiger partial charge in [0.15, 0.2) is 0 Å². The van der Waals surface area contributed by atoms with Crippen LogP contribution >= 0.6 is 12.2 Å². The monoisotopic (exact) mass is 294 g/mol. The van der Waals surface area contributed by atoms with Gasteiger partial charge in [-0.3, -0.25) is 4.79 Å². The number of aliphatic hydroxyl groups excluding tert-OH is 1. The van der Waals surface area contributed by atoms with Crippen molar-refractivity contribution >= 4 is 28.8 Å². The van der Waals surface area contributed by atoms with Gasteiger partial charge in [0.25, 0.3) is 0 Å². The molecule has 1 aromatic rings. The molecule has 0 heterocycles. The van der Waals surface area contributed by atoms with Crippen molar-refractivity contribution in [1.82, 2.24) is 0 Å². The number of nitrogens with one attached hydrogen (secondary N) is 1. The van der Waals surface area contributed by atoms with Gasteiger partial charge in [0.1, 0.15) is 0 Å². The second-order valence-electron chi connectivity index (χ2n) is 5.03. The van der Waals surface area contributed by atoms with E-state index >= 15 is 0 Å². The molecule has 4 nitrogen and oxygen atoms in total. The number of carbonyl (C=O) groups is 1. The lowest BCUT2D eigenvalue weighted by molar-refractivity contribution is -0.121. The third kappa shape index (κ3) is 4.02. The Balaban J connectivity index is 2.82. The summed E-state index contributed by atoms with van der Waals surface area (Å²) < 4.78 is 0. The summed E-state index contributed by atoms with van der Waals surface area (Å²) in [6, 6.07) is 7.59. The molecule has 1 atom stereocenters. The van der Waals surface area contributed by atoms with E-state index in [0.717, 1.165) is 17.7 Å². The highest BCUT2D eigenvalue weighted by Crippen LogP contribution is 2.24. The third-order valence-corrected chi connectivity index (χ3v) is 4.01. The third-order valence-electron chi connectivity index (χ3n) is 3.56. The summed E-state index contributed by atoms with van der Waals surface area (Å²) in [7, 11) is 0. The number of carbonyl (C=O) groups excluding carboxylic acids is 1. The van der Waals surface area contributed by atoms with Crippen molar-refractivity contribution in [2.75, 3.05) is 11.9 Å². The average Bonchev–Trinajstić information content (AvgIpc) is 2.44. The van der Waals surface area contributed by atoms with Crippen molar-refractivity contribution in [1.29, 1.82) is 0 Å². The normalized spacial score (nSPS) is 13.6. The lowest BCUT2D eigenvalue weighted by Crippen LogP contribution is -2.43. The predicted molar refractivity (Wildman–Crippen MR) is 85.7 cm³/mol. The highest BCUT2D eigenvalue weighted by Gasteiger charge is 2.34. The Morgan fingerprint density at radius 2 is 2.20 bits per heavy atom.